The fourth-order valence-corrected chi connectivity index (χ4v) is 2.14. The van der Waals surface area contributed by atoms with E-state index in [9.17, 15) is 8.78 Å². The van der Waals surface area contributed by atoms with Gasteiger partial charge in [0.25, 0.3) is 0 Å². The lowest BCUT2D eigenvalue weighted by Gasteiger charge is -2.27. The summed E-state index contributed by atoms with van der Waals surface area (Å²) in [5.41, 5.74) is 0.359. The molecule has 0 aromatic heterocycles. The van der Waals surface area contributed by atoms with Crippen molar-refractivity contribution in [2.75, 3.05) is 6.61 Å². The molecule has 0 spiro atoms. The molecule has 2 aliphatic rings. The normalized spacial score (nSPS) is 23.8. The highest BCUT2D eigenvalue weighted by Crippen LogP contribution is 2.37. The molecule has 0 radical (unpaired) electrons. The van der Waals surface area contributed by atoms with Crippen molar-refractivity contribution in [3.05, 3.63) is 29.3 Å². The Kier molecular flexibility index (Phi) is 2.32. The van der Waals surface area contributed by atoms with Crippen molar-refractivity contribution in [2.45, 2.75) is 31.3 Å². The first-order valence-corrected chi connectivity index (χ1v) is 5.62. The van der Waals surface area contributed by atoms with Gasteiger partial charge < -0.3 is 10.1 Å². The molecular formula is C12H13F2NO. The van der Waals surface area contributed by atoms with Gasteiger partial charge in [0.2, 0.25) is 0 Å². The summed E-state index contributed by atoms with van der Waals surface area (Å²) < 4.78 is 32.4. The van der Waals surface area contributed by atoms with Crippen LogP contribution < -0.4 is 10.1 Å². The molecule has 2 nitrogen and oxygen atoms in total. The Morgan fingerprint density at radius 1 is 1.12 bits per heavy atom. The zero-order valence-electron chi connectivity index (χ0n) is 8.80. The molecular weight excluding hydrogens is 212 g/mol. The topological polar surface area (TPSA) is 21.3 Å². The molecule has 0 amide bonds. The lowest BCUT2D eigenvalue weighted by atomic mass is 9.99. The van der Waals surface area contributed by atoms with Gasteiger partial charge in [-0.3, -0.25) is 0 Å². The van der Waals surface area contributed by atoms with Crippen molar-refractivity contribution >= 4 is 0 Å². The zero-order chi connectivity index (χ0) is 11.1. The third kappa shape index (κ3) is 1.67. The van der Waals surface area contributed by atoms with Gasteiger partial charge in [-0.1, -0.05) is 0 Å². The van der Waals surface area contributed by atoms with Crippen LogP contribution in [-0.4, -0.2) is 12.6 Å². The van der Waals surface area contributed by atoms with Gasteiger partial charge in [0.15, 0.2) is 11.6 Å². The summed E-state index contributed by atoms with van der Waals surface area (Å²) in [6.45, 7) is 0.442. The summed E-state index contributed by atoms with van der Waals surface area (Å²) in [7, 11) is 0. The van der Waals surface area contributed by atoms with Crippen LogP contribution in [-0.2, 0) is 0 Å². The molecule has 1 aromatic carbocycles. The highest BCUT2D eigenvalue weighted by Gasteiger charge is 2.32. The highest BCUT2D eigenvalue weighted by molar-refractivity contribution is 5.40. The van der Waals surface area contributed by atoms with E-state index in [1.54, 1.807) is 0 Å². The lowest BCUT2D eigenvalue weighted by Crippen LogP contribution is -2.30. The van der Waals surface area contributed by atoms with Crippen LogP contribution in [0.2, 0.25) is 0 Å². The van der Waals surface area contributed by atoms with Crippen molar-refractivity contribution < 1.29 is 13.5 Å². The molecule has 1 saturated carbocycles. The van der Waals surface area contributed by atoms with E-state index in [1.807, 2.05) is 0 Å². The SMILES string of the molecule is Fc1ccc(F)c2c1OCCC2NC1CC1. The van der Waals surface area contributed by atoms with Crippen LogP contribution in [0.25, 0.3) is 0 Å². The number of benzene rings is 1. The van der Waals surface area contributed by atoms with E-state index in [4.69, 9.17) is 4.74 Å². The van der Waals surface area contributed by atoms with Gasteiger partial charge in [0.05, 0.1) is 6.61 Å². The molecule has 4 heteroatoms. The van der Waals surface area contributed by atoms with Crippen molar-refractivity contribution in [2.24, 2.45) is 0 Å². The van der Waals surface area contributed by atoms with Crippen molar-refractivity contribution in [3.63, 3.8) is 0 Å². The number of fused-ring (bicyclic) bond motifs is 1. The van der Waals surface area contributed by atoms with Crippen LogP contribution in [0.1, 0.15) is 30.9 Å². The molecule has 1 unspecified atom stereocenters. The molecule has 1 heterocycles. The summed E-state index contributed by atoms with van der Waals surface area (Å²) >= 11 is 0. The number of ether oxygens (including phenoxy) is 1. The average molecular weight is 225 g/mol. The van der Waals surface area contributed by atoms with E-state index in [1.165, 1.54) is 6.07 Å². The van der Waals surface area contributed by atoms with Gasteiger partial charge >= 0.3 is 0 Å². The van der Waals surface area contributed by atoms with E-state index in [-0.39, 0.29) is 17.6 Å². The number of halogens is 2. The third-order valence-electron chi connectivity index (χ3n) is 3.11. The van der Waals surface area contributed by atoms with E-state index in [2.05, 4.69) is 5.32 Å². The van der Waals surface area contributed by atoms with Gasteiger partial charge in [-0.2, -0.15) is 0 Å². The zero-order valence-corrected chi connectivity index (χ0v) is 8.80. The molecule has 1 N–H and O–H groups in total. The second-order valence-corrected chi connectivity index (χ2v) is 4.40. The first kappa shape index (κ1) is 10.0. The van der Waals surface area contributed by atoms with E-state index in [0.717, 1.165) is 18.9 Å². The average Bonchev–Trinajstić information content (AvgIpc) is 3.08. The molecule has 1 aliphatic carbocycles. The lowest BCUT2D eigenvalue weighted by molar-refractivity contribution is 0.234. The van der Waals surface area contributed by atoms with Crippen LogP contribution in [0.3, 0.4) is 0 Å². The van der Waals surface area contributed by atoms with Gasteiger partial charge in [-0.05, 0) is 25.0 Å². The van der Waals surface area contributed by atoms with Gasteiger partial charge in [0.1, 0.15) is 5.82 Å². The van der Waals surface area contributed by atoms with Crippen molar-refractivity contribution in [1.82, 2.24) is 5.32 Å². The monoisotopic (exact) mass is 225 g/mol. The summed E-state index contributed by atoms with van der Waals surface area (Å²) in [5.74, 6) is -0.766. The quantitative estimate of drug-likeness (QED) is 0.835. The van der Waals surface area contributed by atoms with E-state index >= 15 is 0 Å². The molecule has 0 saturated heterocycles. The summed E-state index contributed by atoms with van der Waals surface area (Å²) in [5, 5.41) is 3.33. The number of hydrogen-bond acceptors (Lipinski definition) is 2. The maximum absolute atomic E-state index is 13.7. The molecule has 1 aromatic rings. The van der Waals surface area contributed by atoms with Crippen LogP contribution in [0.4, 0.5) is 8.78 Å². The second-order valence-electron chi connectivity index (χ2n) is 4.40. The highest BCUT2D eigenvalue weighted by atomic mass is 19.1. The minimum atomic E-state index is -0.473. The molecule has 0 bridgehead atoms. The molecule has 16 heavy (non-hydrogen) atoms. The fraction of sp³-hybridized carbons (Fsp3) is 0.500. The van der Waals surface area contributed by atoms with Gasteiger partial charge in [0, 0.05) is 24.1 Å². The number of hydrogen-bond donors (Lipinski definition) is 1. The Morgan fingerprint density at radius 3 is 2.62 bits per heavy atom. The predicted octanol–water partition coefficient (Wildman–Crippen LogP) is 2.54. The molecule has 86 valence electrons. The third-order valence-corrected chi connectivity index (χ3v) is 3.11. The Hall–Kier alpha value is -1.16. The minimum Gasteiger partial charge on any atom is -0.490 e. The maximum atomic E-state index is 13.7. The number of nitrogens with one attached hydrogen (secondary N) is 1. The first-order valence-electron chi connectivity index (χ1n) is 5.62. The minimum absolute atomic E-state index is 0.0874. The fourth-order valence-electron chi connectivity index (χ4n) is 2.14. The first-order chi connectivity index (χ1) is 7.75. The molecule has 3 rings (SSSR count). The van der Waals surface area contributed by atoms with Crippen LogP contribution in [0, 0.1) is 11.6 Å². The Morgan fingerprint density at radius 2 is 1.88 bits per heavy atom. The maximum Gasteiger partial charge on any atom is 0.165 e. The van der Waals surface area contributed by atoms with Gasteiger partial charge in [-0.15, -0.1) is 0 Å². The van der Waals surface area contributed by atoms with E-state index < -0.39 is 5.82 Å². The Balaban J connectivity index is 1.98. The van der Waals surface area contributed by atoms with Crippen LogP contribution >= 0.6 is 0 Å². The largest absolute Gasteiger partial charge is 0.490 e. The van der Waals surface area contributed by atoms with Crippen LogP contribution in [0.5, 0.6) is 5.75 Å². The Labute approximate surface area is 92.6 Å². The standard InChI is InChI=1S/C12H13F2NO/c13-8-3-4-9(14)12-11(8)10(5-6-16-12)15-7-1-2-7/h3-4,7,10,15H,1-2,5-6H2. The second kappa shape index (κ2) is 3.70. The summed E-state index contributed by atoms with van der Waals surface area (Å²) in [4.78, 5) is 0. The molecule has 1 atom stereocenters. The van der Waals surface area contributed by atoms with Crippen molar-refractivity contribution in [1.29, 1.82) is 0 Å². The van der Waals surface area contributed by atoms with Crippen LogP contribution in [0.15, 0.2) is 12.1 Å². The summed E-state index contributed by atoms with van der Waals surface area (Å²) in [6, 6.07) is 2.66. The predicted molar refractivity (Wildman–Crippen MR) is 55.4 cm³/mol. The smallest absolute Gasteiger partial charge is 0.165 e. The molecule has 1 fully saturated rings. The number of rotatable bonds is 2. The van der Waals surface area contributed by atoms with Crippen molar-refractivity contribution in [3.8, 4) is 5.75 Å². The summed E-state index contributed by atoms with van der Waals surface area (Å²) in [6.07, 6.45) is 2.96. The van der Waals surface area contributed by atoms with E-state index in [0.29, 0.717) is 24.6 Å². The molecule has 1 aliphatic heterocycles. The Bertz CT molecular complexity index is 418. The van der Waals surface area contributed by atoms with Gasteiger partial charge in [-0.25, -0.2) is 8.78 Å².